The lowest BCUT2D eigenvalue weighted by atomic mass is 10.3. The summed E-state index contributed by atoms with van der Waals surface area (Å²) < 4.78 is 38.2. The summed E-state index contributed by atoms with van der Waals surface area (Å²) in [6.07, 6.45) is 0. The van der Waals surface area contributed by atoms with Gasteiger partial charge < -0.3 is 9.15 Å². The molecule has 148 valence electrons. The molecule has 0 fully saturated rings. The fourth-order valence-corrected chi connectivity index (χ4v) is 3.82. The van der Waals surface area contributed by atoms with E-state index < -0.39 is 15.8 Å². The van der Waals surface area contributed by atoms with Gasteiger partial charge in [-0.2, -0.15) is 0 Å². The number of hydrogen-bond donors (Lipinski definition) is 2. The molecule has 0 atom stereocenters. The van der Waals surface area contributed by atoms with Gasteiger partial charge in [0.05, 0.1) is 10.4 Å². The number of aryl methyl sites for hydroxylation is 2. The number of rotatable bonds is 5. The Bertz CT molecular complexity index is 1340. The third kappa shape index (κ3) is 4.11. The van der Waals surface area contributed by atoms with Crippen LogP contribution in [0.1, 0.15) is 11.4 Å². The summed E-state index contributed by atoms with van der Waals surface area (Å²) in [5.74, 6) is -0.181. The zero-order chi connectivity index (χ0) is 20.6. The molecule has 0 bridgehead atoms. The Morgan fingerprint density at radius 3 is 2.38 bits per heavy atom. The van der Waals surface area contributed by atoms with Crippen molar-refractivity contribution in [3.05, 3.63) is 70.5 Å². The number of aromatic nitrogens is 3. The van der Waals surface area contributed by atoms with Crippen molar-refractivity contribution < 1.29 is 17.6 Å². The summed E-state index contributed by atoms with van der Waals surface area (Å²) in [4.78, 5) is 22.1. The molecule has 0 aliphatic carbocycles. The van der Waals surface area contributed by atoms with Crippen LogP contribution in [-0.4, -0.2) is 23.4 Å². The summed E-state index contributed by atoms with van der Waals surface area (Å²) in [5.41, 5.74) is 2.49. The van der Waals surface area contributed by atoms with Gasteiger partial charge in [0.25, 0.3) is 10.0 Å². The summed E-state index contributed by atoms with van der Waals surface area (Å²) in [7, 11) is -3.87. The van der Waals surface area contributed by atoms with Crippen molar-refractivity contribution in [1.82, 2.24) is 15.0 Å². The van der Waals surface area contributed by atoms with Crippen LogP contribution < -0.4 is 15.2 Å². The van der Waals surface area contributed by atoms with Gasteiger partial charge in [0.2, 0.25) is 0 Å². The summed E-state index contributed by atoms with van der Waals surface area (Å²) in [5, 5.41) is 0. The number of H-pyrrole nitrogens is 1. The number of anilines is 1. The van der Waals surface area contributed by atoms with E-state index in [1.54, 1.807) is 24.3 Å². The smallest absolute Gasteiger partial charge is 0.417 e. The average molecular weight is 412 g/mol. The van der Waals surface area contributed by atoms with Crippen molar-refractivity contribution in [3.8, 4) is 11.8 Å². The molecule has 29 heavy (non-hydrogen) atoms. The van der Waals surface area contributed by atoms with Crippen LogP contribution in [0.15, 0.2) is 62.6 Å². The maximum atomic E-state index is 12.6. The monoisotopic (exact) mass is 412 g/mol. The second kappa shape index (κ2) is 7.06. The van der Waals surface area contributed by atoms with E-state index in [0.29, 0.717) is 17.0 Å². The second-order valence-electron chi connectivity index (χ2n) is 6.34. The van der Waals surface area contributed by atoms with Crippen molar-refractivity contribution >= 4 is 26.8 Å². The molecule has 0 spiro atoms. The number of sulfonamides is 1. The molecule has 4 aromatic rings. The second-order valence-corrected chi connectivity index (χ2v) is 8.02. The molecular weight excluding hydrogens is 396 g/mol. The number of aromatic amines is 1. The lowest BCUT2D eigenvalue weighted by Crippen LogP contribution is -2.12. The first-order valence-electron chi connectivity index (χ1n) is 8.54. The molecular formula is C19H16N4O5S. The van der Waals surface area contributed by atoms with Gasteiger partial charge >= 0.3 is 11.8 Å². The first kappa shape index (κ1) is 18.7. The van der Waals surface area contributed by atoms with Gasteiger partial charge in [0, 0.05) is 23.1 Å². The van der Waals surface area contributed by atoms with Crippen molar-refractivity contribution in [2.75, 3.05) is 4.72 Å². The lowest BCUT2D eigenvalue weighted by Gasteiger charge is -2.09. The predicted octanol–water partition coefficient (Wildman–Crippen LogP) is 3.12. The van der Waals surface area contributed by atoms with Crippen molar-refractivity contribution in [2.45, 2.75) is 18.7 Å². The average Bonchev–Trinajstić information content (AvgIpc) is 3.01. The highest BCUT2D eigenvalue weighted by Crippen LogP contribution is 2.24. The summed E-state index contributed by atoms with van der Waals surface area (Å²) in [6.45, 7) is 3.69. The van der Waals surface area contributed by atoms with E-state index in [-0.39, 0.29) is 16.5 Å². The van der Waals surface area contributed by atoms with Gasteiger partial charge in [-0.1, -0.05) is 0 Å². The quantitative estimate of drug-likeness (QED) is 0.515. The Hall–Kier alpha value is -3.66. The number of benzene rings is 2. The highest BCUT2D eigenvalue weighted by molar-refractivity contribution is 7.92. The van der Waals surface area contributed by atoms with Crippen LogP contribution in [0.5, 0.6) is 11.8 Å². The number of fused-ring (bicyclic) bond motifs is 1. The van der Waals surface area contributed by atoms with E-state index in [9.17, 15) is 13.2 Å². The minimum absolute atomic E-state index is 0.0308. The van der Waals surface area contributed by atoms with E-state index in [1.807, 2.05) is 19.9 Å². The van der Waals surface area contributed by atoms with E-state index >= 15 is 0 Å². The number of nitrogens with one attached hydrogen (secondary N) is 2. The molecule has 2 aromatic carbocycles. The van der Waals surface area contributed by atoms with Crippen molar-refractivity contribution in [2.24, 2.45) is 0 Å². The molecule has 2 heterocycles. The van der Waals surface area contributed by atoms with Crippen molar-refractivity contribution in [3.63, 3.8) is 0 Å². The number of oxazole rings is 1. The van der Waals surface area contributed by atoms with Crippen LogP contribution in [0.25, 0.3) is 11.1 Å². The third-order valence-corrected chi connectivity index (χ3v) is 5.36. The molecule has 0 saturated carbocycles. The van der Waals surface area contributed by atoms with E-state index in [4.69, 9.17) is 9.15 Å². The van der Waals surface area contributed by atoms with E-state index in [2.05, 4.69) is 19.7 Å². The van der Waals surface area contributed by atoms with Crippen LogP contribution in [0.4, 0.5) is 5.69 Å². The number of ether oxygens (including phenoxy) is 1. The number of hydrogen-bond acceptors (Lipinski definition) is 7. The van der Waals surface area contributed by atoms with Crippen LogP contribution in [0, 0.1) is 13.8 Å². The van der Waals surface area contributed by atoms with Gasteiger partial charge in [0.1, 0.15) is 5.75 Å². The normalized spacial score (nSPS) is 11.5. The molecule has 0 amide bonds. The van der Waals surface area contributed by atoms with Gasteiger partial charge in [-0.05, 0) is 56.3 Å². The Labute approximate surface area is 165 Å². The minimum Gasteiger partial charge on any atom is -0.424 e. The van der Waals surface area contributed by atoms with Crippen LogP contribution in [-0.2, 0) is 10.0 Å². The van der Waals surface area contributed by atoms with E-state index in [1.165, 1.54) is 18.2 Å². The topological polar surface area (TPSA) is 127 Å². The van der Waals surface area contributed by atoms with Crippen LogP contribution in [0.2, 0.25) is 0 Å². The Morgan fingerprint density at radius 2 is 1.69 bits per heavy atom. The van der Waals surface area contributed by atoms with Gasteiger partial charge in [0.15, 0.2) is 5.58 Å². The molecule has 0 unspecified atom stereocenters. The fraction of sp³-hybridized carbons (Fsp3) is 0.105. The molecule has 2 N–H and O–H groups in total. The van der Waals surface area contributed by atoms with Gasteiger partial charge in [-0.3, -0.25) is 9.71 Å². The standard InChI is InChI=1S/C19H16N4O5S/c1-11-9-12(2)21-18(20-11)27-14-5-3-13(4-6-14)23-29(25,26)15-7-8-16-17(10-15)28-19(24)22-16/h3-10,23H,1-2H3,(H,22,24). The Balaban J connectivity index is 1.53. The SMILES string of the molecule is Cc1cc(C)nc(Oc2ccc(NS(=O)(=O)c3ccc4[nH]c(=O)oc4c3)cc2)n1. The third-order valence-electron chi connectivity index (χ3n) is 3.98. The summed E-state index contributed by atoms with van der Waals surface area (Å²) in [6, 6.07) is 12.5. The largest absolute Gasteiger partial charge is 0.424 e. The lowest BCUT2D eigenvalue weighted by molar-refractivity contribution is 0.439. The molecule has 0 aliphatic heterocycles. The summed E-state index contributed by atoms with van der Waals surface area (Å²) >= 11 is 0. The first-order chi connectivity index (χ1) is 13.8. The molecule has 0 radical (unpaired) electrons. The maximum Gasteiger partial charge on any atom is 0.417 e. The molecule has 9 nitrogen and oxygen atoms in total. The number of nitrogens with zero attached hydrogens (tertiary/aromatic N) is 2. The van der Waals surface area contributed by atoms with Crippen molar-refractivity contribution in [1.29, 1.82) is 0 Å². The van der Waals surface area contributed by atoms with Gasteiger partial charge in [-0.25, -0.2) is 23.2 Å². The molecule has 0 saturated heterocycles. The van der Waals surface area contributed by atoms with Crippen LogP contribution >= 0.6 is 0 Å². The van der Waals surface area contributed by atoms with E-state index in [0.717, 1.165) is 11.4 Å². The molecule has 0 aliphatic rings. The predicted molar refractivity (Wildman–Crippen MR) is 106 cm³/mol. The highest BCUT2D eigenvalue weighted by Gasteiger charge is 2.16. The first-order valence-corrected chi connectivity index (χ1v) is 10.0. The molecule has 2 aromatic heterocycles. The maximum absolute atomic E-state index is 12.6. The zero-order valence-electron chi connectivity index (χ0n) is 15.5. The highest BCUT2D eigenvalue weighted by atomic mass is 32.2. The minimum atomic E-state index is -3.87. The van der Waals surface area contributed by atoms with Gasteiger partial charge in [-0.15, -0.1) is 0 Å². The Morgan fingerprint density at radius 1 is 1.00 bits per heavy atom. The molecule has 10 heteroatoms. The molecule has 4 rings (SSSR count). The zero-order valence-corrected chi connectivity index (χ0v) is 16.3. The fourth-order valence-electron chi connectivity index (χ4n) is 2.74. The van der Waals surface area contributed by atoms with Crippen LogP contribution in [0.3, 0.4) is 0 Å². The Kier molecular flexibility index (Phi) is 4.55.